The highest BCUT2D eigenvalue weighted by Crippen LogP contribution is 2.26. The molecule has 0 fully saturated rings. The van der Waals surface area contributed by atoms with Crippen molar-refractivity contribution in [3.8, 4) is 11.4 Å². The lowest BCUT2D eigenvalue weighted by Gasteiger charge is -2.10. The zero-order valence-corrected chi connectivity index (χ0v) is 20.0. The van der Waals surface area contributed by atoms with Crippen LogP contribution < -0.4 is 5.69 Å². The van der Waals surface area contributed by atoms with Gasteiger partial charge in [-0.15, -0.1) is 10.2 Å². The van der Waals surface area contributed by atoms with Gasteiger partial charge in [0.1, 0.15) is 6.54 Å². The summed E-state index contributed by atoms with van der Waals surface area (Å²) in [7, 11) is 0. The SMILES string of the molecule is O=c1n(Cc2nnc(SCc3cccc(Cl)c3)n2-c2ccccc2)nnn1-c1ccc(Cl)cc1. The molecule has 0 saturated heterocycles. The molecule has 0 bridgehead atoms. The molecular formula is C23H17Cl2N7OS. The van der Waals surface area contributed by atoms with Crippen molar-refractivity contribution in [3.05, 3.63) is 111 Å². The molecule has 0 N–H and O–H groups in total. The first-order valence-corrected chi connectivity index (χ1v) is 12.0. The third-order valence-electron chi connectivity index (χ3n) is 4.97. The van der Waals surface area contributed by atoms with Gasteiger partial charge in [-0.25, -0.2) is 4.79 Å². The van der Waals surface area contributed by atoms with Crippen molar-refractivity contribution >= 4 is 35.0 Å². The average Bonchev–Trinajstić information content (AvgIpc) is 3.42. The van der Waals surface area contributed by atoms with Crippen molar-refractivity contribution in [1.82, 2.24) is 34.6 Å². The number of para-hydroxylation sites is 1. The lowest BCUT2D eigenvalue weighted by Crippen LogP contribution is -2.25. The Morgan fingerprint density at radius 2 is 1.59 bits per heavy atom. The zero-order valence-electron chi connectivity index (χ0n) is 17.6. The summed E-state index contributed by atoms with van der Waals surface area (Å²) in [4.78, 5) is 12.9. The Morgan fingerprint density at radius 1 is 0.794 bits per heavy atom. The van der Waals surface area contributed by atoms with E-state index in [1.807, 2.05) is 59.2 Å². The standard InChI is InChI=1S/C23H17Cl2N7OS/c24-17-9-11-20(12-10-17)32-23(33)30(28-29-32)14-21-26-27-22(31(21)19-7-2-1-3-8-19)34-15-16-5-4-6-18(25)13-16/h1-13H,14-15H2. The van der Waals surface area contributed by atoms with E-state index in [-0.39, 0.29) is 6.54 Å². The monoisotopic (exact) mass is 509 g/mol. The van der Waals surface area contributed by atoms with Crippen molar-refractivity contribution in [2.75, 3.05) is 0 Å². The van der Waals surface area contributed by atoms with Gasteiger partial charge >= 0.3 is 5.69 Å². The molecule has 0 amide bonds. The summed E-state index contributed by atoms with van der Waals surface area (Å²) in [6.45, 7) is 0.103. The fourth-order valence-corrected chi connectivity index (χ4v) is 4.61. The molecule has 3 aromatic carbocycles. The van der Waals surface area contributed by atoms with Crippen molar-refractivity contribution < 1.29 is 0 Å². The van der Waals surface area contributed by atoms with Gasteiger partial charge in [-0.1, -0.05) is 65.3 Å². The molecule has 0 aliphatic heterocycles. The van der Waals surface area contributed by atoms with E-state index in [0.717, 1.165) is 11.3 Å². The molecule has 0 saturated carbocycles. The van der Waals surface area contributed by atoms with Crippen molar-refractivity contribution in [1.29, 1.82) is 0 Å². The van der Waals surface area contributed by atoms with Crippen LogP contribution in [0.25, 0.3) is 11.4 Å². The number of hydrogen-bond acceptors (Lipinski definition) is 6. The van der Waals surface area contributed by atoms with E-state index in [2.05, 4.69) is 20.6 Å². The minimum absolute atomic E-state index is 0.103. The maximum absolute atomic E-state index is 12.9. The number of rotatable bonds is 7. The van der Waals surface area contributed by atoms with Gasteiger partial charge in [-0.2, -0.15) is 9.36 Å². The second-order valence-corrected chi connectivity index (χ2v) is 9.11. The first-order valence-electron chi connectivity index (χ1n) is 10.2. The topological polar surface area (TPSA) is 83.4 Å². The highest BCUT2D eigenvalue weighted by atomic mass is 35.5. The van der Waals surface area contributed by atoms with Gasteiger partial charge in [0.25, 0.3) is 0 Å². The Morgan fingerprint density at radius 3 is 2.35 bits per heavy atom. The van der Waals surface area contributed by atoms with Crippen LogP contribution in [-0.2, 0) is 12.3 Å². The lowest BCUT2D eigenvalue weighted by molar-refractivity contribution is 0.598. The van der Waals surface area contributed by atoms with Crippen LogP contribution in [0.2, 0.25) is 10.0 Å². The quantitative estimate of drug-likeness (QED) is 0.296. The molecule has 5 aromatic rings. The normalized spacial score (nSPS) is 11.1. The van der Waals surface area contributed by atoms with Crippen LogP contribution in [0.3, 0.4) is 0 Å². The van der Waals surface area contributed by atoms with Crippen LogP contribution >= 0.6 is 35.0 Å². The smallest absolute Gasteiger partial charge is 0.272 e. The highest BCUT2D eigenvalue weighted by molar-refractivity contribution is 7.98. The lowest BCUT2D eigenvalue weighted by atomic mass is 10.2. The Kier molecular flexibility index (Phi) is 6.48. The van der Waals surface area contributed by atoms with E-state index in [4.69, 9.17) is 23.2 Å². The second kappa shape index (κ2) is 9.84. The van der Waals surface area contributed by atoms with Crippen molar-refractivity contribution in [2.24, 2.45) is 0 Å². The van der Waals surface area contributed by atoms with Crippen LogP contribution in [0.4, 0.5) is 0 Å². The molecule has 0 radical (unpaired) electrons. The molecule has 170 valence electrons. The van der Waals surface area contributed by atoms with E-state index in [0.29, 0.717) is 32.5 Å². The zero-order chi connectivity index (χ0) is 23.5. The summed E-state index contributed by atoms with van der Waals surface area (Å²) in [6, 6.07) is 24.2. The minimum atomic E-state index is -0.391. The number of aromatic nitrogens is 7. The van der Waals surface area contributed by atoms with Crippen LogP contribution in [0, 0.1) is 0 Å². The van der Waals surface area contributed by atoms with Crippen LogP contribution in [0.1, 0.15) is 11.4 Å². The molecule has 8 nitrogen and oxygen atoms in total. The molecule has 2 heterocycles. The Hall–Kier alpha value is -3.40. The summed E-state index contributed by atoms with van der Waals surface area (Å²) in [5.41, 5.74) is 2.14. The van der Waals surface area contributed by atoms with Gasteiger partial charge in [0, 0.05) is 21.5 Å². The van der Waals surface area contributed by atoms with Gasteiger partial charge < -0.3 is 0 Å². The molecule has 0 atom stereocenters. The number of nitrogens with zero attached hydrogens (tertiary/aromatic N) is 7. The molecule has 0 aliphatic rings. The summed E-state index contributed by atoms with van der Waals surface area (Å²) >= 11 is 13.6. The van der Waals surface area contributed by atoms with E-state index in [1.54, 1.807) is 24.3 Å². The maximum atomic E-state index is 12.9. The van der Waals surface area contributed by atoms with Gasteiger partial charge in [-0.05, 0) is 64.5 Å². The molecule has 5 rings (SSSR count). The van der Waals surface area contributed by atoms with Gasteiger partial charge in [0.05, 0.1) is 5.69 Å². The van der Waals surface area contributed by atoms with Crippen LogP contribution in [0.5, 0.6) is 0 Å². The third kappa shape index (κ3) is 4.77. The van der Waals surface area contributed by atoms with Gasteiger partial charge in [0.15, 0.2) is 11.0 Å². The number of tetrazole rings is 1. The average molecular weight is 510 g/mol. The summed E-state index contributed by atoms with van der Waals surface area (Å²) < 4.78 is 4.39. The first-order chi connectivity index (χ1) is 16.6. The second-order valence-electron chi connectivity index (χ2n) is 7.30. The van der Waals surface area contributed by atoms with E-state index >= 15 is 0 Å². The Balaban J connectivity index is 1.46. The molecule has 2 aromatic heterocycles. The largest absolute Gasteiger partial charge is 0.368 e. The number of hydrogen-bond donors (Lipinski definition) is 0. The minimum Gasteiger partial charge on any atom is -0.272 e. The molecule has 0 aliphatic carbocycles. The van der Waals surface area contributed by atoms with Crippen molar-refractivity contribution in [3.63, 3.8) is 0 Å². The number of thioether (sulfide) groups is 1. The molecule has 11 heteroatoms. The molecule has 0 unspecified atom stereocenters. The molecule has 34 heavy (non-hydrogen) atoms. The summed E-state index contributed by atoms with van der Waals surface area (Å²) in [6.07, 6.45) is 0. The highest BCUT2D eigenvalue weighted by Gasteiger charge is 2.18. The Bertz CT molecular complexity index is 1480. The van der Waals surface area contributed by atoms with E-state index < -0.39 is 5.69 Å². The summed E-state index contributed by atoms with van der Waals surface area (Å²) in [5, 5.41) is 18.7. The van der Waals surface area contributed by atoms with Crippen LogP contribution in [0.15, 0.2) is 88.8 Å². The first kappa shape index (κ1) is 22.4. The van der Waals surface area contributed by atoms with E-state index in [1.165, 1.54) is 21.1 Å². The molecular weight excluding hydrogens is 493 g/mol. The van der Waals surface area contributed by atoms with Gasteiger partial charge in [-0.3, -0.25) is 4.57 Å². The number of benzene rings is 3. The number of halogens is 2. The fraction of sp³-hybridized carbons (Fsp3) is 0.0870. The van der Waals surface area contributed by atoms with Gasteiger partial charge in [0.2, 0.25) is 0 Å². The van der Waals surface area contributed by atoms with E-state index in [9.17, 15) is 4.79 Å². The maximum Gasteiger partial charge on any atom is 0.368 e. The third-order valence-corrected chi connectivity index (χ3v) is 6.46. The van der Waals surface area contributed by atoms with Crippen LogP contribution in [-0.4, -0.2) is 34.6 Å². The summed E-state index contributed by atoms with van der Waals surface area (Å²) in [5.74, 6) is 1.23. The predicted molar refractivity (Wildman–Crippen MR) is 132 cm³/mol. The fourth-order valence-electron chi connectivity index (χ4n) is 3.36. The predicted octanol–water partition coefficient (Wildman–Crippen LogP) is 4.66. The molecule has 0 spiro atoms. The Labute approximate surface area is 208 Å². The van der Waals surface area contributed by atoms with Crippen molar-refractivity contribution in [2.45, 2.75) is 17.5 Å².